The van der Waals surface area contributed by atoms with Crippen LogP contribution in [0, 0.1) is 13.8 Å². The zero-order chi connectivity index (χ0) is 19.9. The van der Waals surface area contributed by atoms with Crippen LogP contribution in [0.25, 0.3) is 0 Å². The Morgan fingerprint density at radius 2 is 2.04 bits per heavy atom. The number of carbonyl (C=O) groups excluding carboxylic acids is 1. The minimum atomic E-state index is -0.0678. The van der Waals surface area contributed by atoms with Crippen LogP contribution in [-0.4, -0.2) is 47.3 Å². The number of hydrogen-bond donors (Lipinski definition) is 1. The van der Waals surface area contributed by atoms with E-state index in [9.17, 15) is 4.79 Å². The number of likely N-dealkylation sites (N-methyl/N-ethyl adjacent to an activating group) is 1. The van der Waals surface area contributed by atoms with Crippen LogP contribution in [0.15, 0.2) is 48.0 Å². The molecule has 0 aliphatic rings. The number of rotatable bonds is 9. The first-order valence-corrected chi connectivity index (χ1v) is 10.1. The molecule has 3 aromatic rings. The molecule has 2 aromatic heterocycles. The van der Waals surface area contributed by atoms with E-state index in [1.807, 2.05) is 41.6 Å². The first kappa shape index (κ1) is 20.1. The molecule has 0 aliphatic heterocycles. The number of ether oxygens (including phenoxy) is 1. The second-order valence-electron chi connectivity index (χ2n) is 6.91. The summed E-state index contributed by atoms with van der Waals surface area (Å²) in [6, 6.07) is 12.0. The second-order valence-corrected chi connectivity index (χ2v) is 7.94. The number of nitrogens with one attached hydrogen (secondary N) is 1. The summed E-state index contributed by atoms with van der Waals surface area (Å²) in [6.07, 6.45) is 1.70. The number of anilines is 1. The van der Waals surface area contributed by atoms with Crippen molar-refractivity contribution in [2.45, 2.75) is 20.4 Å². The van der Waals surface area contributed by atoms with Gasteiger partial charge in [0, 0.05) is 17.5 Å². The van der Waals surface area contributed by atoms with Gasteiger partial charge < -0.3 is 10.1 Å². The molecule has 0 spiro atoms. The van der Waals surface area contributed by atoms with E-state index in [4.69, 9.17) is 4.74 Å². The molecule has 0 fully saturated rings. The third-order valence-corrected chi connectivity index (χ3v) is 5.08. The van der Waals surface area contributed by atoms with Gasteiger partial charge in [-0.25, -0.2) is 4.68 Å². The molecule has 0 saturated heterocycles. The van der Waals surface area contributed by atoms with Gasteiger partial charge in [0.15, 0.2) is 0 Å². The van der Waals surface area contributed by atoms with E-state index in [1.54, 1.807) is 22.2 Å². The smallest absolute Gasteiger partial charge is 0.239 e. The summed E-state index contributed by atoms with van der Waals surface area (Å²) >= 11 is 1.67. The summed E-state index contributed by atoms with van der Waals surface area (Å²) in [6.45, 7) is 6.25. The molecular formula is C21H26N4O2S. The lowest BCUT2D eigenvalue weighted by Crippen LogP contribution is -2.33. The highest BCUT2D eigenvalue weighted by molar-refractivity contribution is 7.09. The van der Waals surface area contributed by atoms with Gasteiger partial charge in [-0.05, 0) is 55.6 Å². The Bertz CT molecular complexity index is 885. The van der Waals surface area contributed by atoms with E-state index in [0.717, 1.165) is 5.75 Å². The van der Waals surface area contributed by atoms with E-state index < -0.39 is 0 Å². The number of nitrogens with zero attached hydrogens (tertiary/aromatic N) is 3. The predicted octanol–water partition coefficient (Wildman–Crippen LogP) is 3.56. The number of benzene rings is 1. The average Bonchev–Trinajstić information content (AvgIpc) is 3.27. The van der Waals surface area contributed by atoms with E-state index in [1.165, 1.54) is 16.0 Å². The molecule has 0 bridgehead atoms. The maximum absolute atomic E-state index is 12.4. The highest BCUT2D eigenvalue weighted by Gasteiger charge is 2.11. The van der Waals surface area contributed by atoms with Crippen LogP contribution in [0.4, 0.5) is 5.82 Å². The summed E-state index contributed by atoms with van der Waals surface area (Å²) < 4.78 is 7.62. The summed E-state index contributed by atoms with van der Waals surface area (Å²) in [4.78, 5) is 15.5. The number of thiophene rings is 1. The minimum absolute atomic E-state index is 0.0678. The van der Waals surface area contributed by atoms with E-state index in [0.29, 0.717) is 32.1 Å². The Balaban J connectivity index is 1.44. The van der Waals surface area contributed by atoms with Gasteiger partial charge in [-0.1, -0.05) is 12.1 Å². The second kappa shape index (κ2) is 9.52. The van der Waals surface area contributed by atoms with Crippen molar-refractivity contribution >= 4 is 23.1 Å². The zero-order valence-corrected chi connectivity index (χ0v) is 17.3. The third kappa shape index (κ3) is 5.94. The summed E-state index contributed by atoms with van der Waals surface area (Å²) in [5, 5.41) is 9.27. The molecule has 0 atom stereocenters. The Morgan fingerprint density at radius 3 is 2.75 bits per heavy atom. The number of carbonyl (C=O) groups is 1. The molecule has 3 rings (SSSR count). The Labute approximate surface area is 169 Å². The average molecular weight is 399 g/mol. The van der Waals surface area contributed by atoms with Gasteiger partial charge in [0.05, 0.1) is 19.3 Å². The van der Waals surface area contributed by atoms with Crippen LogP contribution in [0.5, 0.6) is 5.75 Å². The molecule has 0 unspecified atom stereocenters. The molecule has 148 valence electrons. The summed E-state index contributed by atoms with van der Waals surface area (Å²) in [5.74, 6) is 1.51. The molecule has 0 aliphatic carbocycles. The van der Waals surface area contributed by atoms with Crippen molar-refractivity contribution < 1.29 is 9.53 Å². The van der Waals surface area contributed by atoms with Crippen LogP contribution in [0.3, 0.4) is 0 Å². The Kier molecular flexibility index (Phi) is 6.84. The van der Waals surface area contributed by atoms with Gasteiger partial charge in [-0.3, -0.25) is 9.69 Å². The van der Waals surface area contributed by atoms with Crippen LogP contribution in [0.2, 0.25) is 0 Å². The van der Waals surface area contributed by atoms with E-state index in [-0.39, 0.29) is 5.91 Å². The van der Waals surface area contributed by atoms with Crippen LogP contribution >= 0.6 is 11.3 Å². The molecule has 1 amide bonds. The molecule has 0 radical (unpaired) electrons. The Morgan fingerprint density at radius 1 is 1.25 bits per heavy atom. The number of aryl methyl sites for hydroxylation is 2. The van der Waals surface area contributed by atoms with Crippen LogP contribution in [0.1, 0.15) is 16.0 Å². The Hall–Kier alpha value is -2.64. The highest BCUT2D eigenvalue weighted by Crippen LogP contribution is 2.16. The lowest BCUT2D eigenvalue weighted by atomic mass is 10.1. The SMILES string of the molecule is Cc1cc(C)cc(OCCN(C)CC(=O)Nc2ccnn2Cc2cccs2)c1. The quantitative estimate of drug-likeness (QED) is 0.599. The monoisotopic (exact) mass is 398 g/mol. The maximum Gasteiger partial charge on any atom is 0.239 e. The molecular weight excluding hydrogens is 372 g/mol. The van der Waals surface area contributed by atoms with Crippen molar-refractivity contribution in [1.82, 2.24) is 14.7 Å². The molecule has 7 heteroatoms. The third-order valence-electron chi connectivity index (χ3n) is 4.22. The predicted molar refractivity (Wildman–Crippen MR) is 113 cm³/mol. The zero-order valence-electron chi connectivity index (χ0n) is 16.5. The van der Waals surface area contributed by atoms with Gasteiger partial charge >= 0.3 is 0 Å². The van der Waals surface area contributed by atoms with Gasteiger partial charge in [-0.2, -0.15) is 5.10 Å². The normalized spacial score (nSPS) is 11.0. The number of hydrogen-bond acceptors (Lipinski definition) is 5. The first-order chi connectivity index (χ1) is 13.5. The lowest BCUT2D eigenvalue weighted by Gasteiger charge is -2.17. The molecule has 6 nitrogen and oxygen atoms in total. The van der Waals surface area contributed by atoms with Crippen molar-refractivity contribution in [2.75, 3.05) is 32.1 Å². The fourth-order valence-electron chi connectivity index (χ4n) is 2.96. The summed E-state index contributed by atoms with van der Waals surface area (Å²) in [5.41, 5.74) is 2.36. The maximum atomic E-state index is 12.4. The van der Waals surface area contributed by atoms with Crippen molar-refractivity contribution in [3.63, 3.8) is 0 Å². The first-order valence-electron chi connectivity index (χ1n) is 9.23. The van der Waals surface area contributed by atoms with Gasteiger partial charge in [0.25, 0.3) is 0 Å². The van der Waals surface area contributed by atoms with E-state index in [2.05, 4.69) is 36.4 Å². The van der Waals surface area contributed by atoms with Crippen molar-refractivity contribution in [2.24, 2.45) is 0 Å². The van der Waals surface area contributed by atoms with Gasteiger partial charge in [-0.15, -0.1) is 11.3 Å². The van der Waals surface area contributed by atoms with Crippen molar-refractivity contribution in [3.8, 4) is 5.75 Å². The standard InChI is InChI=1S/C21H26N4O2S/c1-16-11-17(2)13-18(12-16)27-9-8-24(3)15-21(26)23-20-6-7-22-25(20)14-19-5-4-10-28-19/h4-7,10-13H,8-9,14-15H2,1-3H3,(H,23,26). The number of aromatic nitrogens is 2. The van der Waals surface area contributed by atoms with Crippen LogP contribution < -0.4 is 10.1 Å². The van der Waals surface area contributed by atoms with Gasteiger partial charge in [0.1, 0.15) is 18.2 Å². The van der Waals surface area contributed by atoms with Crippen molar-refractivity contribution in [3.05, 3.63) is 64.0 Å². The lowest BCUT2D eigenvalue weighted by molar-refractivity contribution is -0.117. The highest BCUT2D eigenvalue weighted by atomic mass is 32.1. The molecule has 1 N–H and O–H groups in total. The fraction of sp³-hybridized carbons (Fsp3) is 0.333. The van der Waals surface area contributed by atoms with Crippen molar-refractivity contribution in [1.29, 1.82) is 0 Å². The van der Waals surface area contributed by atoms with Crippen LogP contribution in [-0.2, 0) is 11.3 Å². The fourth-order valence-corrected chi connectivity index (χ4v) is 3.64. The van der Waals surface area contributed by atoms with E-state index >= 15 is 0 Å². The molecule has 2 heterocycles. The summed E-state index contributed by atoms with van der Waals surface area (Å²) in [7, 11) is 1.91. The number of amides is 1. The topological polar surface area (TPSA) is 59.4 Å². The molecule has 0 saturated carbocycles. The molecule has 28 heavy (non-hydrogen) atoms. The molecule has 1 aromatic carbocycles. The largest absolute Gasteiger partial charge is 0.492 e. The van der Waals surface area contributed by atoms with Gasteiger partial charge in [0.2, 0.25) is 5.91 Å². The minimum Gasteiger partial charge on any atom is -0.492 e.